The van der Waals surface area contributed by atoms with Crippen LogP contribution in [0.25, 0.3) is 0 Å². The van der Waals surface area contributed by atoms with Gasteiger partial charge in [-0.3, -0.25) is 14.8 Å². The number of hydrogen-bond acceptors (Lipinski definition) is 4. The minimum absolute atomic E-state index is 0.00906. The highest BCUT2D eigenvalue weighted by Gasteiger charge is 2.35. The lowest BCUT2D eigenvalue weighted by atomic mass is 9.91. The van der Waals surface area contributed by atoms with Gasteiger partial charge in [-0.05, 0) is 63.1 Å². The summed E-state index contributed by atoms with van der Waals surface area (Å²) in [6.45, 7) is 2.24. The molecule has 1 amide bonds. The highest BCUT2D eigenvalue weighted by atomic mass is 16.2. The fourth-order valence-electron chi connectivity index (χ4n) is 3.66. The Morgan fingerprint density at radius 1 is 1.45 bits per heavy atom. The van der Waals surface area contributed by atoms with Gasteiger partial charge in [0.05, 0.1) is 18.8 Å². The molecule has 0 spiro atoms. The SMILES string of the molecule is N#CC1(NC(=O)CN2CCC(c3cn[nH]c3)CC2)CCCC1. The normalized spacial score (nSPS) is 22.3. The van der Waals surface area contributed by atoms with Crippen LogP contribution in [-0.2, 0) is 4.79 Å². The summed E-state index contributed by atoms with van der Waals surface area (Å²) in [6.07, 6.45) is 9.60. The maximum atomic E-state index is 12.2. The molecule has 2 fully saturated rings. The van der Waals surface area contributed by atoms with Crippen molar-refractivity contribution in [1.82, 2.24) is 20.4 Å². The molecule has 0 unspecified atom stereocenters. The molecule has 0 atom stereocenters. The van der Waals surface area contributed by atoms with Crippen molar-refractivity contribution in [2.24, 2.45) is 0 Å². The fraction of sp³-hybridized carbons (Fsp3) is 0.688. The zero-order valence-corrected chi connectivity index (χ0v) is 12.8. The molecule has 1 aliphatic heterocycles. The molecule has 2 aliphatic rings. The fourth-order valence-corrected chi connectivity index (χ4v) is 3.66. The number of hydrogen-bond donors (Lipinski definition) is 2. The number of amides is 1. The summed E-state index contributed by atoms with van der Waals surface area (Å²) in [4.78, 5) is 14.4. The molecule has 1 aromatic heterocycles. The van der Waals surface area contributed by atoms with E-state index >= 15 is 0 Å². The van der Waals surface area contributed by atoms with Crippen LogP contribution >= 0.6 is 0 Å². The molecule has 22 heavy (non-hydrogen) atoms. The van der Waals surface area contributed by atoms with Crippen molar-refractivity contribution in [3.05, 3.63) is 18.0 Å². The maximum Gasteiger partial charge on any atom is 0.235 e. The molecule has 6 nitrogen and oxygen atoms in total. The molecule has 1 aliphatic carbocycles. The van der Waals surface area contributed by atoms with Crippen LogP contribution in [0.1, 0.15) is 50.0 Å². The highest BCUT2D eigenvalue weighted by Crippen LogP contribution is 2.29. The van der Waals surface area contributed by atoms with Gasteiger partial charge < -0.3 is 5.32 Å². The highest BCUT2D eigenvalue weighted by molar-refractivity contribution is 5.79. The predicted octanol–water partition coefficient (Wildman–Crippen LogP) is 1.54. The Kier molecular flexibility index (Phi) is 4.44. The first-order chi connectivity index (χ1) is 10.7. The van der Waals surface area contributed by atoms with Crippen LogP contribution in [0.4, 0.5) is 0 Å². The summed E-state index contributed by atoms with van der Waals surface area (Å²) in [6, 6.07) is 2.31. The van der Waals surface area contributed by atoms with Crippen LogP contribution in [0.2, 0.25) is 0 Å². The Morgan fingerprint density at radius 2 is 2.18 bits per heavy atom. The lowest BCUT2D eigenvalue weighted by molar-refractivity contribution is -0.123. The van der Waals surface area contributed by atoms with E-state index in [1.165, 1.54) is 5.56 Å². The van der Waals surface area contributed by atoms with Gasteiger partial charge >= 0.3 is 0 Å². The van der Waals surface area contributed by atoms with Crippen molar-refractivity contribution in [3.8, 4) is 6.07 Å². The Labute approximate surface area is 130 Å². The summed E-state index contributed by atoms with van der Waals surface area (Å²) < 4.78 is 0. The number of H-pyrrole nitrogens is 1. The second-order valence-electron chi connectivity index (χ2n) is 6.53. The van der Waals surface area contributed by atoms with Gasteiger partial charge in [0.25, 0.3) is 0 Å². The molecule has 0 radical (unpaired) electrons. The van der Waals surface area contributed by atoms with E-state index in [-0.39, 0.29) is 5.91 Å². The van der Waals surface area contributed by atoms with Gasteiger partial charge in [-0.1, -0.05) is 0 Å². The third-order valence-corrected chi connectivity index (χ3v) is 5.00. The van der Waals surface area contributed by atoms with E-state index in [4.69, 9.17) is 0 Å². The number of carbonyl (C=O) groups is 1. The van der Waals surface area contributed by atoms with Crippen LogP contribution in [0.3, 0.4) is 0 Å². The van der Waals surface area contributed by atoms with E-state index in [1.807, 2.05) is 12.4 Å². The summed E-state index contributed by atoms with van der Waals surface area (Å²) in [5, 5.41) is 19.2. The van der Waals surface area contributed by atoms with E-state index in [2.05, 4.69) is 26.5 Å². The van der Waals surface area contributed by atoms with Gasteiger partial charge in [0.2, 0.25) is 5.91 Å². The van der Waals surface area contributed by atoms with Crippen molar-refractivity contribution < 1.29 is 4.79 Å². The van der Waals surface area contributed by atoms with E-state index in [9.17, 15) is 10.1 Å². The van der Waals surface area contributed by atoms with Crippen LogP contribution in [0.5, 0.6) is 0 Å². The first-order valence-corrected chi connectivity index (χ1v) is 8.14. The Morgan fingerprint density at radius 3 is 2.77 bits per heavy atom. The molecule has 1 saturated carbocycles. The standard InChI is InChI=1S/C16H23N5O/c17-12-16(5-1-2-6-16)20-15(22)11-21-7-3-13(4-8-21)14-9-18-19-10-14/h9-10,13H,1-8,11H2,(H,18,19)(H,20,22). The van der Waals surface area contributed by atoms with Gasteiger partial charge in [0, 0.05) is 6.20 Å². The second kappa shape index (κ2) is 6.49. The minimum Gasteiger partial charge on any atom is -0.337 e. The quantitative estimate of drug-likeness (QED) is 0.883. The average Bonchev–Trinajstić information content (AvgIpc) is 3.20. The zero-order chi connectivity index (χ0) is 15.4. The number of piperidine rings is 1. The average molecular weight is 301 g/mol. The largest absolute Gasteiger partial charge is 0.337 e. The van der Waals surface area contributed by atoms with Gasteiger partial charge in [-0.25, -0.2) is 0 Å². The molecule has 1 saturated heterocycles. The lowest BCUT2D eigenvalue weighted by Crippen LogP contribution is -2.50. The number of aromatic nitrogens is 2. The Balaban J connectivity index is 1.46. The molecule has 0 bridgehead atoms. The van der Waals surface area contributed by atoms with Crippen LogP contribution < -0.4 is 5.32 Å². The minimum atomic E-state index is -0.605. The first-order valence-electron chi connectivity index (χ1n) is 8.14. The molecule has 118 valence electrons. The summed E-state index contributed by atoms with van der Waals surface area (Å²) in [7, 11) is 0. The predicted molar refractivity (Wildman–Crippen MR) is 82.0 cm³/mol. The van der Waals surface area contributed by atoms with Crippen LogP contribution in [-0.4, -0.2) is 46.2 Å². The molecule has 1 aromatic rings. The summed E-state index contributed by atoms with van der Waals surface area (Å²) in [5.41, 5.74) is 0.658. The van der Waals surface area contributed by atoms with Crippen molar-refractivity contribution >= 4 is 5.91 Å². The molecular formula is C16H23N5O. The van der Waals surface area contributed by atoms with Crippen molar-refractivity contribution in [2.75, 3.05) is 19.6 Å². The second-order valence-corrected chi connectivity index (χ2v) is 6.53. The molecule has 2 N–H and O–H groups in total. The number of likely N-dealkylation sites (tertiary alicyclic amines) is 1. The number of aromatic amines is 1. The van der Waals surface area contributed by atoms with E-state index < -0.39 is 5.54 Å². The number of nitrogens with one attached hydrogen (secondary N) is 2. The van der Waals surface area contributed by atoms with E-state index in [1.54, 1.807) is 0 Å². The molecule has 3 rings (SSSR count). The summed E-state index contributed by atoms with van der Waals surface area (Å²) >= 11 is 0. The number of nitrogens with zero attached hydrogens (tertiary/aromatic N) is 3. The Hall–Kier alpha value is -1.87. The first kappa shape index (κ1) is 15.0. The number of rotatable bonds is 4. The van der Waals surface area contributed by atoms with Gasteiger partial charge in [0.15, 0.2) is 0 Å². The Bertz CT molecular complexity index is 533. The molecular weight excluding hydrogens is 278 g/mol. The van der Waals surface area contributed by atoms with E-state index in [0.717, 1.165) is 51.6 Å². The van der Waals surface area contributed by atoms with Crippen LogP contribution in [0, 0.1) is 11.3 Å². The lowest BCUT2D eigenvalue weighted by Gasteiger charge is -2.32. The van der Waals surface area contributed by atoms with Gasteiger partial charge in [-0.2, -0.15) is 10.4 Å². The van der Waals surface area contributed by atoms with Crippen molar-refractivity contribution in [3.63, 3.8) is 0 Å². The van der Waals surface area contributed by atoms with Crippen molar-refractivity contribution in [2.45, 2.75) is 50.0 Å². The molecule has 2 heterocycles. The van der Waals surface area contributed by atoms with E-state index in [0.29, 0.717) is 12.5 Å². The molecule has 6 heteroatoms. The topological polar surface area (TPSA) is 84.8 Å². The van der Waals surface area contributed by atoms with Crippen LogP contribution in [0.15, 0.2) is 12.4 Å². The third-order valence-electron chi connectivity index (χ3n) is 5.00. The maximum absolute atomic E-state index is 12.2. The van der Waals surface area contributed by atoms with Crippen molar-refractivity contribution in [1.29, 1.82) is 5.26 Å². The monoisotopic (exact) mass is 301 g/mol. The summed E-state index contributed by atoms with van der Waals surface area (Å²) in [5.74, 6) is 0.531. The number of carbonyl (C=O) groups excluding carboxylic acids is 1. The smallest absolute Gasteiger partial charge is 0.235 e. The third kappa shape index (κ3) is 3.30. The van der Waals surface area contributed by atoms with Gasteiger partial charge in [0.1, 0.15) is 5.54 Å². The number of nitriles is 1. The zero-order valence-electron chi connectivity index (χ0n) is 12.8. The van der Waals surface area contributed by atoms with Gasteiger partial charge in [-0.15, -0.1) is 0 Å². The molecule has 0 aromatic carbocycles.